The Morgan fingerprint density at radius 3 is 2.33 bits per heavy atom. The summed E-state index contributed by atoms with van der Waals surface area (Å²) in [7, 11) is 0. The summed E-state index contributed by atoms with van der Waals surface area (Å²) in [4.78, 5) is 15.9. The molecule has 1 amide bonds. The molecule has 3 nitrogen and oxygen atoms in total. The molecule has 0 radical (unpaired) electrons. The monoisotopic (exact) mass is 210 g/mol. The summed E-state index contributed by atoms with van der Waals surface area (Å²) in [5.74, 6) is 0.219. The van der Waals surface area contributed by atoms with Crippen LogP contribution in [-0.2, 0) is 4.79 Å². The molecule has 0 bridgehead atoms. The molecule has 1 heterocycles. The second kappa shape index (κ2) is 3.78. The lowest BCUT2D eigenvalue weighted by Gasteiger charge is -2.52. The fraction of sp³-hybridized carbons (Fsp3) is 0.917. The van der Waals surface area contributed by atoms with Crippen molar-refractivity contribution in [2.45, 2.75) is 51.6 Å². The van der Waals surface area contributed by atoms with Crippen molar-refractivity contribution in [3.05, 3.63) is 0 Å². The predicted molar refractivity (Wildman–Crippen MR) is 60.7 cm³/mol. The SMILES string of the molecule is CC(=O)N1CCN(C2CCC2)C(C)(C)C1. The van der Waals surface area contributed by atoms with E-state index >= 15 is 0 Å². The second-order valence-electron chi connectivity index (χ2n) is 5.53. The van der Waals surface area contributed by atoms with Gasteiger partial charge < -0.3 is 4.90 Å². The number of rotatable bonds is 1. The Hall–Kier alpha value is -0.570. The number of nitrogens with zero attached hydrogens (tertiary/aromatic N) is 2. The zero-order valence-corrected chi connectivity index (χ0v) is 10.1. The number of carbonyl (C=O) groups excluding carboxylic acids is 1. The van der Waals surface area contributed by atoms with Crippen LogP contribution in [0.25, 0.3) is 0 Å². The van der Waals surface area contributed by atoms with Crippen LogP contribution in [0.3, 0.4) is 0 Å². The van der Waals surface area contributed by atoms with E-state index in [0.717, 1.165) is 25.7 Å². The molecule has 1 aliphatic heterocycles. The van der Waals surface area contributed by atoms with Gasteiger partial charge in [-0.3, -0.25) is 9.69 Å². The minimum absolute atomic E-state index is 0.162. The summed E-state index contributed by atoms with van der Waals surface area (Å²) in [6.45, 7) is 9.06. The summed E-state index contributed by atoms with van der Waals surface area (Å²) < 4.78 is 0. The highest BCUT2D eigenvalue weighted by Gasteiger charge is 2.40. The highest BCUT2D eigenvalue weighted by Crippen LogP contribution is 2.32. The van der Waals surface area contributed by atoms with Crippen molar-refractivity contribution in [1.29, 1.82) is 0 Å². The van der Waals surface area contributed by atoms with Crippen LogP contribution in [0.4, 0.5) is 0 Å². The van der Waals surface area contributed by atoms with E-state index in [1.165, 1.54) is 19.3 Å². The maximum atomic E-state index is 11.4. The topological polar surface area (TPSA) is 23.6 Å². The maximum Gasteiger partial charge on any atom is 0.219 e. The van der Waals surface area contributed by atoms with Crippen LogP contribution >= 0.6 is 0 Å². The number of hydrogen-bond acceptors (Lipinski definition) is 2. The fourth-order valence-corrected chi connectivity index (χ4v) is 2.81. The number of piperazine rings is 1. The Kier molecular flexibility index (Phi) is 2.75. The van der Waals surface area contributed by atoms with E-state index in [4.69, 9.17) is 0 Å². The van der Waals surface area contributed by atoms with Crippen LogP contribution in [0, 0.1) is 0 Å². The molecule has 0 unspecified atom stereocenters. The van der Waals surface area contributed by atoms with Gasteiger partial charge in [0.2, 0.25) is 5.91 Å². The zero-order valence-electron chi connectivity index (χ0n) is 10.1. The van der Waals surface area contributed by atoms with Gasteiger partial charge in [0.05, 0.1) is 0 Å². The molecule has 2 fully saturated rings. The first-order valence-corrected chi connectivity index (χ1v) is 6.03. The van der Waals surface area contributed by atoms with Crippen molar-refractivity contribution in [2.24, 2.45) is 0 Å². The van der Waals surface area contributed by atoms with Crippen molar-refractivity contribution in [3.63, 3.8) is 0 Å². The van der Waals surface area contributed by atoms with Gasteiger partial charge in [-0.1, -0.05) is 6.42 Å². The van der Waals surface area contributed by atoms with Crippen molar-refractivity contribution < 1.29 is 4.79 Å². The third-order valence-corrected chi connectivity index (χ3v) is 3.93. The summed E-state index contributed by atoms with van der Waals surface area (Å²) in [6, 6.07) is 0.786. The van der Waals surface area contributed by atoms with Crippen molar-refractivity contribution in [2.75, 3.05) is 19.6 Å². The highest BCUT2D eigenvalue weighted by atomic mass is 16.2. The number of amides is 1. The summed E-state index contributed by atoms with van der Waals surface area (Å²) >= 11 is 0. The highest BCUT2D eigenvalue weighted by molar-refractivity contribution is 5.73. The molecule has 0 atom stereocenters. The van der Waals surface area contributed by atoms with Crippen molar-refractivity contribution >= 4 is 5.91 Å². The van der Waals surface area contributed by atoms with Gasteiger partial charge >= 0.3 is 0 Å². The van der Waals surface area contributed by atoms with Gasteiger partial charge in [-0.05, 0) is 26.7 Å². The molecule has 0 aromatic rings. The van der Waals surface area contributed by atoms with E-state index in [2.05, 4.69) is 18.7 Å². The Bertz CT molecular complexity index is 258. The van der Waals surface area contributed by atoms with Gasteiger partial charge in [-0.15, -0.1) is 0 Å². The third kappa shape index (κ3) is 2.03. The van der Waals surface area contributed by atoms with Gasteiger partial charge in [0.25, 0.3) is 0 Å². The van der Waals surface area contributed by atoms with Gasteiger partial charge in [-0.2, -0.15) is 0 Å². The molecular weight excluding hydrogens is 188 g/mol. The molecule has 1 saturated heterocycles. The van der Waals surface area contributed by atoms with E-state index in [0.29, 0.717) is 0 Å². The maximum absolute atomic E-state index is 11.4. The van der Waals surface area contributed by atoms with Crippen LogP contribution in [0.15, 0.2) is 0 Å². The Morgan fingerprint density at radius 1 is 1.27 bits per heavy atom. The lowest BCUT2D eigenvalue weighted by Crippen LogP contribution is -2.64. The minimum Gasteiger partial charge on any atom is -0.340 e. The third-order valence-electron chi connectivity index (χ3n) is 3.93. The molecule has 15 heavy (non-hydrogen) atoms. The Labute approximate surface area is 92.4 Å². The lowest BCUT2D eigenvalue weighted by molar-refractivity contribution is -0.135. The minimum atomic E-state index is 0.162. The van der Waals surface area contributed by atoms with Crippen LogP contribution in [0.2, 0.25) is 0 Å². The average molecular weight is 210 g/mol. The first-order chi connectivity index (χ1) is 7.00. The lowest BCUT2D eigenvalue weighted by atomic mass is 9.86. The first kappa shape index (κ1) is 10.9. The molecular formula is C12H22N2O. The van der Waals surface area contributed by atoms with Gasteiger partial charge in [-0.25, -0.2) is 0 Å². The zero-order chi connectivity index (χ0) is 11.1. The van der Waals surface area contributed by atoms with E-state index in [9.17, 15) is 4.79 Å². The molecule has 0 aromatic heterocycles. The number of carbonyl (C=O) groups is 1. The molecule has 1 aliphatic carbocycles. The second-order valence-corrected chi connectivity index (χ2v) is 5.53. The van der Waals surface area contributed by atoms with Crippen LogP contribution in [-0.4, -0.2) is 46.9 Å². The number of hydrogen-bond donors (Lipinski definition) is 0. The smallest absolute Gasteiger partial charge is 0.219 e. The van der Waals surface area contributed by atoms with Crippen LogP contribution in [0.5, 0.6) is 0 Å². The fourth-order valence-electron chi connectivity index (χ4n) is 2.81. The molecule has 1 saturated carbocycles. The van der Waals surface area contributed by atoms with Gasteiger partial charge in [0, 0.05) is 38.1 Å². The Morgan fingerprint density at radius 2 is 1.93 bits per heavy atom. The molecule has 0 spiro atoms. The normalized spacial score (nSPS) is 27.5. The van der Waals surface area contributed by atoms with Gasteiger partial charge in [0.15, 0.2) is 0 Å². The molecule has 0 N–H and O–H groups in total. The van der Waals surface area contributed by atoms with Gasteiger partial charge in [0.1, 0.15) is 0 Å². The van der Waals surface area contributed by atoms with Crippen molar-refractivity contribution in [3.8, 4) is 0 Å². The van der Waals surface area contributed by atoms with Crippen LogP contribution in [0.1, 0.15) is 40.0 Å². The van der Waals surface area contributed by atoms with E-state index in [1.807, 2.05) is 4.90 Å². The van der Waals surface area contributed by atoms with Crippen molar-refractivity contribution in [1.82, 2.24) is 9.80 Å². The summed E-state index contributed by atoms with van der Waals surface area (Å²) in [6.07, 6.45) is 4.08. The first-order valence-electron chi connectivity index (χ1n) is 6.03. The quantitative estimate of drug-likeness (QED) is 0.654. The molecule has 86 valence electrons. The molecule has 2 aliphatic rings. The summed E-state index contributed by atoms with van der Waals surface area (Å²) in [5.41, 5.74) is 0.162. The molecule has 3 heteroatoms. The predicted octanol–water partition coefficient (Wildman–Crippen LogP) is 1.48. The standard InChI is InChI=1S/C12H22N2O/c1-10(15)13-7-8-14(11-5-4-6-11)12(2,3)9-13/h11H,4-9H2,1-3H3. The van der Waals surface area contributed by atoms with E-state index in [-0.39, 0.29) is 11.4 Å². The summed E-state index contributed by atoms with van der Waals surface area (Å²) in [5, 5.41) is 0. The van der Waals surface area contributed by atoms with E-state index < -0.39 is 0 Å². The van der Waals surface area contributed by atoms with E-state index in [1.54, 1.807) is 6.92 Å². The molecule has 0 aromatic carbocycles. The average Bonchev–Trinajstić information content (AvgIpc) is 2.04. The molecule has 2 rings (SSSR count). The largest absolute Gasteiger partial charge is 0.340 e. The van der Waals surface area contributed by atoms with Crippen LogP contribution < -0.4 is 0 Å². The Balaban J connectivity index is 2.02.